The number of carbonyl (C=O) groups excluding carboxylic acids is 1. The Morgan fingerprint density at radius 3 is 2.67 bits per heavy atom. The Labute approximate surface area is 122 Å². The van der Waals surface area contributed by atoms with E-state index in [4.69, 9.17) is 22.1 Å². The van der Waals surface area contributed by atoms with Crippen molar-refractivity contribution in [2.45, 2.75) is 0 Å². The van der Waals surface area contributed by atoms with Crippen molar-refractivity contribution in [1.82, 2.24) is 9.97 Å². The van der Waals surface area contributed by atoms with Crippen LogP contribution in [0.4, 0.5) is 20.4 Å². The summed E-state index contributed by atoms with van der Waals surface area (Å²) >= 11 is 5.71. The van der Waals surface area contributed by atoms with Crippen LogP contribution in [0.2, 0.25) is 5.15 Å². The van der Waals surface area contributed by atoms with Gasteiger partial charge in [0.25, 0.3) is 5.91 Å². The Kier molecular flexibility index (Phi) is 4.18. The number of nitrogens with zero attached hydrogens (tertiary/aromatic N) is 2. The molecule has 0 atom stereocenters. The van der Waals surface area contributed by atoms with Gasteiger partial charge >= 0.3 is 0 Å². The summed E-state index contributed by atoms with van der Waals surface area (Å²) in [5.74, 6) is -2.99. The largest absolute Gasteiger partial charge is 0.481 e. The average Bonchev–Trinajstić information content (AvgIpc) is 2.42. The molecule has 110 valence electrons. The second-order valence-corrected chi connectivity index (χ2v) is 4.25. The van der Waals surface area contributed by atoms with Gasteiger partial charge in [-0.1, -0.05) is 11.6 Å². The summed E-state index contributed by atoms with van der Waals surface area (Å²) in [4.78, 5) is 19.5. The van der Waals surface area contributed by atoms with Gasteiger partial charge in [0.05, 0.1) is 18.4 Å². The van der Waals surface area contributed by atoms with Crippen LogP contribution in [-0.4, -0.2) is 23.0 Å². The van der Waals surface area contributed by atoms with Gasteiger partial charge in [-0.3, -0.25) is 10.1 Å². The number of hydrogen-bond donors (Lipinski definition) is 2. The lowest BCUT2D eigenvalue weighted by atomic mass is 10.1. The Balaban J connectivity index is 2.30. The minimum absolute atomic E-state index is 0.0243. The number of ether oxygens (including phenoxy) is 1. The highest BCUT2D eigenvalue weighted by atomic mass is 35.5. The highest BCUT2D eigenvalue weighted by Gasteiger charge is 2.16. The minimum Gasteiger partial charge on any atom is -0.481 e. The molecule has 0 aliphatic carbocycles. The van der Waals surface area contributed by atoms with Crippen molar-refractivity contribution < 1.29 is 18.3 Å². The van der Waals surface area contributed by atoms with Gasteiger partial charge in [0.2, 0.25) is 11.8 Å². The number of methoxy groups -OCH3 is 1. The van der Waals surface area contributed by atoms with Gasteiger partial charge in [0.1, 0.15) is 16.8 Å². The molecular weight excluding hydrogens is 306 g/mol. The van der Waals surface area contributed by atoms with Crippen LogP contribution in [0.1, 0.15) is 10.4 Å². The van der Waals surface area contributed by atoms with E-state index in [9.17, 15) is 13.6 Å². The SMILES string of the molecule is COc1cc(Cl)nc(NC(=O)c2cc(N)c(F)cc2F)n1. The number of nitrogen functional groups attached to an aromatic ring is 1. The first-order valence-electron chi connectivity index (χ1n) is 5.55. The van der Waals surface area contributed by atoms with Crippen molar-refractivity contribution >= 4 is 29.1 Å². The summed E-state index contributed by atoms with van der Waals surface area (Å²) < 4.78 is 31.5. The van der Waals surface area contributed by atoms with Crippen molar-refractivity contribution in [1.29, 1.82) is 0 Å². The molecule has 0 saturated carbocycles. The number of rotatable bonds is 3. The lowest BCUT2D eigenvalue weighted by Gasteiger charge is -2.07. The van der Waals surface area contributed by atoms with Crippen LogP contribution in [0, 0.1) is 11.6 Å². The minimum atomic E-state index is -1.06. The number of nitrogens with two attached hydrogens (primary N) is 1. The number of benzene rings is 1. The number of amides is 1. The van der Waals surface area contributed by atoms with Crippen LogP contribution in [-0.2, 0) is 0 Å². The summed E-state index contributed by atoms with van der Waals surface area (Å²) in [5.41, 5.74) is 4.49. The smallest absolute Gasteiger partial charge is 0.261 e. The highest BCUT2D eigenvalue weighted by Crippen LogP contribution is 2.19. The molecule has 0 saturated heterocycles. The van der Waals surface area contributed by atoms with Crippen LogP contribution >= 0.6 is 11.6 Å². The van der Waals surface area contributed by atoms with Crippen LogP contribution < -0.4 is 15.8 Å². The van der Waals surface area contributed by atoms with Gasteiger partial charge in [0.15, 0.2) is 0 Å². The summed E-state index contributed by atoms with van der Waals surface area (Å²) in [6.07, 6.45) is 0. The molecule has 1 heterocycles. The number of halogens is 3. The number of carbonyl (C=O) groups is 1. The Morgan fingerprint density at radius 1 is 1.29 bits per heavy atom. The van der Waals surface area contributed by atoms with Gasteiger partial charge in [-0.25, -0.2) is 13.8 Å². The fraction of sp³-hybridized carbons (Fsp3) is 0.0833. The molecule has 0 aliphatic rings. The zero-order chi connectivity index (χ0) is 15.6. The normalized spacial score (nSPS) is 10.3. The third kappa shape index (κ3) is 3.34. The average molecular weight is 315 g/mol. The Hall–Kier alpha value is -2.48. The third-order valence-corrected chi connectivity index (χ3v) is 2.63. The van der Waals surface area contributed by atoms with Crippen molar-refractivity contribution in [3.05, 3.63) is 40.6 Å². The van der Waals surface area contributed by atoms with Gasteiger partial charge < -0.3 is 10.5 Å². The maximum absolute atomic E-state index is 13.6. The molecule has 3 N–H and O–H groups in total. The second-order valence-electron chi connectivity index (χ2n) is 3.86. The van der Waals surface area contributed by atoms with E-state index < -0.39 is 23.1 Å². The van der Waals surface area contributed by atoms with E-state index in [-0.39, 0.29) is 22.7 Å². The molecule has 1 aromatic heterocycles. The maximum atomic E-state index is 13.6. The molecule has 0 unspecified atom stereocenters. The summed E-state index contributed by atoms with van der Waals surface area (Å²) in [6, 6.07) is 2.72. The zero-order valence-electron chi connectivity index (χ0n) is 10.7. The standard InChI is InChI=1S/C12H9ClF2N4O2/c1-21-10-4-9(13)17-12(18-10)19-11(20)5-2-8(16)7(15)3-6(5)14/h2-4H,16H2,1H3,(H,17,18,19,20). The molecule has 0 spiro atoms. The molecule has 0 radical (unpaired) electrons. The molecular formula is C12H9ClF2N4O2. The summed E-state index contributed by atoms with van der Waals surface area (Å²) in [7, 11) is 1.35. The molecule has 9 heteroatoms. The highest BCUT2D eigenvalue weighted by molar-refractivity contribution is 6.29. The molecule has 6 nitrogen and oxygen atoms in total. The van der Waals surface area contributed by atoms with Crippen LogP contribution in [0.5, 0.6) is 5.88 Å². The first kappa shape index (κ1) is 14.9. The molecule has 2 aromatic rings. The molecule has 2 rings (SSSR count). The fourth-order valence-corrected chi connectivity index (χ4v) is 1.64. The van der Waals surface area contributed by atoms with Gasteiger partial charge in [-0.05, 0) is 6.07 Å². The van der Waals surface area contributed by atoms with E-state index in [0.717, 1.165) is 6.07 Å². The van der Waals surface area contributed by atoms with Crippen LogP contribution in [0.3, 0.4) is 0 Å². The third-order valence-electron chi connectivity index (χ3n) is 2.44. The first-order chi connectivity index (χ1) is 9.90. The van der Waals surface area contributed by atoms with E-state index in [1.165, 1.54) is 13.2 Å². The molecule has 21 heavy (non-hydrogen) atoms. The van der Waals surface area contributed by atoms with Crippen LogP contribution in [0.15, 0.2) is 18.2 Å². The van der Waals surface area contributed by atoms with Crippen molar-refractivity contribution in [3.8, 4) is 5.88 Å². The lowest BCUT2D eigenvalue weighted by Crippen LogP contribution is -2.16. The topological polar surface area (TPSA) is 90.1 Å². The predicted molar refractivity (Wildman–Crippen MR) is 72.3 cm³/mol. The van der Waals surface area contributed by atoms with Crippen LogP contribution in [0.25, 0.3) is 0 Å². The predicted octanol–water partition coefficient (Wildman–Crippen LogP) is 2.25. The van der Waals surface area contributed by atoms with E-state index in [1.54, 1.807) is 0 Å². The van der Waals surface area contributed by atoms with Gasteiger partial charge in [0, 0.05) is 12.1 Å². The number of hydrogen-bond acceptors (Lipinski definition) is 5. The van der Waals surface area contributed by atoms with Crippen molar-refractivity contribution in [3.63, 3.8) is 0 Å². The van der Waals surface area contributed by atoms with Gasteiger partial charge in [-0.2, -0.15) is 4.98 Å². The first-order valence-corrected chi connectivity index (χ1v) is 5.93. The van der Waals surface area contributed by atoms with E-state index in [0.29, 0.717) is 6.07 Å². The maximum Gasteiger partial charge on any atom is 0.261 e. The number of aromatic nitrogens is 2. The number of nitrogens with one attached hydrogen (secondary N) is 1. The quantitative estimate of drug-likeness (QED) is 0.670. The monoisotopic (exact) mass is 314 g/mol. The van der Waals surface area contributed by atoms with E-state index in [1.807, 2.05) is 0 Å². The Bertz CT molecular complexity index is 712. The molecule has 1 aromatic carbocycles. The summed E-state index contributed by atoms with van der Waals surface area (Å²) in [5, 5.41) is 2.24. The van der Waals surface area contributed by atoms with E-state index in [2.05, 4.69) is 15.3 Å². The molecule has 0 fully saturated rings. The van der Waals surface area contributed by atoms with E-state index >= 15 is 0 Å². The second kappa shape index (κ2) is 5.88. The Morgan fingerprint density at radius 2 is 2.00 bits per heavy atom. The summed E-state index contributed by atoms with van der Waals surface area (Å²) in [6.45, 7) is 0. The number of anilines is 2. The molecule has 0 bridgehead atoms. The molecule has 1 amide bonds. The lowest BCUT2D eigenvalue weighted by molar-refractivity contribution is 0.102. The fourth-order valence-electron chi connectivity index (χ4n) is 1.47. The van der Waals surface area contributed by atoms with Crippen molar-refractivity contribution in [2.24, 2.45) is 0 Å². The molecule has 0 aliphatic heterocycles. The van der Waals surface area contributed by atoms with Crippen molar-refractivity contribution in [2.75, 3.05) is 18.2 Å². The zero-order valence-corrected chi connectivity index (χ0v) is 11.4. The van der Waals surface area contributed by atoms with Gasteiger partial charge in [-0.15, -0.1) is 0 Å².